The van der Waals surface area contributed by atoms with E-state index in [1.807, 2.05) is 18.2 Å². The number of fused-ring (bicyclic) bond motifs is 1. The van der Waals surface area contributed by atoms with E-state index in [1.165, 1.54) is 46.7 Å². The maximum atomic E-state index is 14.2. The second kappa shape index (κ2) is 12.9. The van der Waals surface area contributed by atoms with Crippen molar-refractivity contribution in [2.45, 2.75) is 25.3 Å². The third kappa shape index (κ3) is 6.61. The Hall–Kier alpha value is -3.94. The van der Waals surface area contributed by atoms with Crippen molar-refractivity contribution in [1.29, 1.82) is 0 Å². The fraction of sp³-hybridized carbons (Fsp3) is 0.250. The number of piperidine rings is 1. The molecule has 1 heterocycles. The first-order chi connectivity index (χ1) is 18.9. The number of nitrogens with one attached hydrogen (secondary N) is 1. The molecule has 8 heteroatoms. The second-order valence-corrected chi connectivity index (χ2v) is 10.1. The predicted molar refractivity (Wildman–Crippen MR) is 156 cm³/mol. The molecule has 0 radical (unpaired) electrons. The molecule has 0 bridgehead atoms. The van der Waals surface area contributed by atoms with Gasteiger partial charge in [-0.3, -0.25) is 0 Å². The molecule has 2 N–H and O–H groups in total. The Morgan fingerprint density at radius 2 is 1.77 bits per heavy atom. The summed E-state index contributed by atoms with van der Waals surface area (Å²) >= 11 is 0. The maximum absolute atomic E-state index is 14.2. The minimum Gasteiger partial charge on any atom is -0.478 e. The number of benzene rings is 4. The number of likely N-dealkylation sites (tertiary alicyclic amines) is 1. The molecule has 1 fully saturated rings. The number of amides is 1. The Morgan fingerprint density at radius 1 is 1.02 bits per heavy atom. The molecular formula is C32H32ClFN2O4. The van der Waals surface area contributed by atoms with E-state index in [1.54, 1.807) is 17.0 Å². The number of rotatable bonds is 7. The fourth-order valence-corrected chi connectivity index (χ4v) is 5.45. The van der Waals surface area contributed by atoms with E-state index < -0.39 is 12.1 Å². The van der Waals surface area contributed by atoms with Crippen LogP contribution in [0.5, 0.6) is 5.75 Å². The predicted octanol–water partition coefficient (Wildman–Crippen LogP) is 7.05. The molecule has 40 heavy (non-hydrogen) atoms. The van der Waals surface area contributed by atoms with Gasteiger partial charge in [0.2, 0.25) is 0 Å². The normalized spacial score (nSPS) is 17.6. The largest absolute Gasteiger partial charge is 0.478 e. The second-order valence-electron chi connectivity index (χ2n) is 10.1. The molecule has 6 nitrogen and oxygen atoms in total. The van der Waals surface area contributed by atoms with Crippen LogP contribution < -0.4 is 10.1 Å². The van der Waals surface area contributed by atoms with Gasteiger partial charge in [-0.1, -0.05) is 60.7 Å². The van der Waals surface area contributed by atoms with E-state index >= 15 is 0 Å². The van der Waals surface area contributed by atoms with Crippen molar-refractivity contribution >= 4 is 35.2 Å². The minimum absolute atomic E-state index is 0. The van der Waals surface area contributed by atoms with E-state index in [0.29, 0.717) is 26.1 Å². The lowest BCUT2D eigenvalue weighted by Crippen LogP contribution is -2.46. The molecule has 1 aliphatic heterocycles. The Balaban J connectivity index is 0.00000370. The standard InChI is InChI=1S/C32H31FN2O4.ClH/c1-21(28-14-6-8-22-7-2-3-13-29(22)28)34-19-25-15-16-35(20-30(25)23-9-4-11-26(33)17-23)32(38)39-27-12-5-10-24(18-27)31(36)37;/h2-14,17-18,21,25,30,34H,15-16,19-20H2,1H3,(H,36,37);1H/t21-,25?,30?;/m1./s1. The quantitative estimate of drug-likeness (QED) is 0.252. The number of ether oxygens (including phenoxy) is 1. The Kier molecular flexibility index (Phi) is 9.40. The van der Waals surface area contributed by atoms with Crippen molar-refractivity contribution in [3.63, 3.8) is 0 Å². The molecule has 208 valence electrons. The van der Waals surface area contributed by atoms with Crippen LogP contribution in [0.4, 0.5) is 9.18 Å². The summed E-state index contributed by atoms with van der Waals surface area (Å²) in [6.45, 7) is 3.71. The van der Waals surface area contributed by atoms with E-state index in [4.69, 9.17) is 4.74 Å². The summed E-state index contributed by atoms with van der Waals surface area (Å²) in [6.07, 6.45) is 0.162. The third-order valence-electron chi connectivity index (χ3n) is 7.55. The lowest BCUT2D eigenvalue weighted by atomic mass is 9.80. The van der Waals surface area contributed by atoms with Crippen LogP contribution in [-0.2, 0) is 0 Å². The minimum atomic E-state index is -1.09. The summed E-state index contributed by atoms with van der Waals surface area (Å²) in [5.41, 5.74) is 2.10. The number of carboxylic acid groups (broad SMARTS) is 1. The first kappa shape index (κ1) is 29.1. The molecule has 4 aromatic rings. The summed E-state index contributed by atoms with van der Waals surface area (Å²) in [7, 11) is 0. The zero-order valence-corrected chi connectivity index (χ0v) is 22.9. The smallest absolute Gasteiger partial charge is 0.415 e. The number of carboxylic acids is 1. The van der Waals surface area contributed by atoms with Crippen LogP contribution in [0, 0.1) is 11.7 Å². The van der Waals surface area contributed by atoms with Crippen LogP contribution in [0.2, 0.25) is 0 Å². The Morgan fingerprint density at radius 3 is 2.58 bits per heavy atom. The van der Waals surface area contributed by atoms with Gasteiger partial charge in [-0.25, -0.2) is 14.0 Å². The number of aromatic carboxylic acids is 1. The maximum Gasteiger partial charge on any atom is 0.415 e. The van der Waals surface area contributed by atoms with Crippen LogP contribution in [0.15, 0.2) is 91.0 Å². The highest BCUT2D eigenvalue weighted by Crippen LogP contribution is 2.34. The van der Waals surface area contributed by atoms with Gasteiger partial charge in [0, 0.05) is 25.0 Å². The molecule has 0 spiro atoms. The molecule has 0 saturated carbocycles. The van der Waals surface area contributed by atoms with Crippen LogP contribution in [-0.4, -0.2) is 41.7 Å². The number of carbonyl (C=O) groups is 2. The summed E-state index contributed by atoms with van der Waals surface area (Å²) in [5.74, 6) is -1.16. The van der Waals surface area contributed by atoms with Crippen molar-refractivity contribution < 1.29 is 23.8 Å². The van der Waals surface area contributed by atoms with Crippen molar-refractivity contribution in [3.05, 3.63) is 114 Å². The van der Waals surface area contributed by atoms with Gasteiger partial charge in [-0.15, -0.1) is 12.4 Å². The van der Waals surface area contributed by atoms with E-state index in [0.717, 1.165) is 5.56 Å². The van der Waals surface area contributed by atoms with E-state index in [2.05, 4.69) is 42.6 Å². The van der Waals surface area contributed by atoms with Gasteiger partial charge in [-0.2, -0.15) is 0 Å². The molecule has 3 atom stereocenters. The molecule has 4 aromatic carbocycles. The SMILES string of the molecule is C[C@@H](NCC1CCN(C(=O)Oc2cccc(C(=O)O)c2)CC1c1cccc(F)c1)c1cccc2ccccc12.Cl. The van der Waals surface area contributed by atoms with Crippen molar-refractivity contribution in [2.24, 2.45) is 5.92 Å². The van der Waals surface area contributed by atoms with Gasteiger partial charge < -0.3 is 20.1 Å². The van der Waals surface area contributed by atoms with Crippen LogP contribution in [0.25, 0.3) is 10.8 Å². The average molecular weight is 563 g/mol. The van der Waals surface area contributed by atoms with Crippen molar-refractivity contribution in [3.8, 4) is 5.75 Å². The summed E-state index contributed by atoms with van der Waals surface area (Å²) in [6, 6.07) is 27.2. The highest BCUT2D eigenvalue weighted by atomic mass is 35.5. The Labute approximate surface area is 239 Å². The van der Waals surface area contributed by atoms with Gasteiger partial charge in [0.15, 0.2) is 0 Å². The zero-order valence-electron chi connectivity index (χ0n) is 22.1. The first-order valence-electron chi connectivity index (χ1n) is 13.2. The summed E-state index contributed by atoms with van der Waals surface area (Å²) in [5, 5.41) is 15.3. The molecule has 1 saturated heterocycles. The molecule has 2 unspecified atom stereocenters. The number of carbonyl (C=O) groups excluding carboxylic acids is 1. The molecule has 1 amide bonds. The van der Waals surface area contributed by atoms with Gasteiger partial charge in [0.25, 0.3) is 0 Å². The highest BCUT2D eigenvalue weighted by molar-refractivity contribution is 5.88. The molecule has 1 aliphatic rings. The lowest BCUT2D eigenvalue weighted by molar-refractivity contribution is 0.0695. The molecule has 0 aliphatic carbocycles. The van der Waals surface area contributed by atoms with Gasteiger partial charge >= 0.3 is 12.1 Å². The van der Waals surface area contributed by atoms with Crippen LogP contribution in [0.3, 0.4) is 0 Å². The molecular weight excluding hydrogens is 531 g/mol. The van der Waals surface area contributed by atoms with Crippen molar-refractivity contribution in [1.82, 2.24) is 10.2 Å². The van der Waals surface area contributed by atoms with Gasteiger partial charge in [0.05, 0.1) is 5.56 Å². The van der Waals surface area contributed by atoms with Gasteiger partial charge in [-0.05, 0) is 78.0 Å². The first-order valence-corrected chi connectivity index (χ1v) is 13.2. The topological polar surface area (TPSA) is 78.9 Å². The lowest BCUT2D eigenvalue weighted by Gasteiger charge is -2.39. The summed E-state index contributed by atoms with van der Waals surface area (Å²) in [4.78, 5) is 25.9. The zero-order chi connectivity index (χ0) is 27.4. The monoisotopic (exact) mass is 562 g/mol. The van der Waals surface area contributed by atoms with Crippen molar-refractivity contribution in [2.75, 3.05) is 19.6 Å². The Bertz CT molecular complexity index is 1490. The van der Waals surface area contributed by atoms with E-state index in [-0.39, 0.29) is 47.4 Å². The molecule has 5 rings (SSSR count). The number of hydrogen-bond acceptors (Lipinski definition) is 4. The van der Waals surface area contributed by atoms with E-state index in [9.17, 15) is 19.1 Å². The molecule has 0 aromatic heterocycles. The number of nitrogens with zero attached hydrogens (tertiary/aromatic N) is 1. The summed E-state index contributed by atoms with van der Waals surface area (Å²) < 4.78 is 19.7. The van der Waals surface area contributed by atoms with Crippen LogP contribution in [0.1, 0.15) is 46.8 Å². The van der Waals surface area contributed by atoms with Gasteiger partial charge in [0.1, 0.15) is 11.6 Å². The fourth-order valence-electron chi connectivity index (χ4n) is 5.45. The number of hydrogen-bond donors (Lipinski definition) is 2. The third-order valence-corrected chi connectivity index (χ3v) is 7.55. The average Bonchev–Trinajstić information content (AvgIpc) is 2.95. The highest BCUT2D eigenvalue weighted by Gasteiger charge is 2.34. The van der Waals surface area contributed by atoms with Crippen LogP contribution >= 0.6 is 12.4 Å². The number of halogens is 2.